The third-order valence-corrected chi connectivity index (χ3v) is 3.97. The molecule has 2 aromatic rings. The Hall–Kier alpha value is -1.09. The van der Waals surface area contributed by atoms with Gasteiger partial charge < -0.3 is 4.57 Å². The number of nitrogens with zero attached hydrogens (tertiary/aromatic N) is 2. The van der Waals surface area contributed by atoms with Crippen molar-refractivity contribution in [3.05, 3.63) is 29.8 Å². The third-order valence-electron chi connectivity index (χ3n) is 3.78. The quantitative estimate of drug-likeness (QED) is 0.767. The zero-order valence-corrected chi connectivity index (χ0v) is 11.1. The Morgan fingerprint density at radius 1 is 1.50 bits per heavy atom. The van der Waals surface area contributed by atoms with Gasteiger partial charge in [-0.15, -0.1) is 11.6 Å². The fourth-order valence-corrected chi connectivity index (χ4v) is 2.90. The Balaban J connectivity index is 2.12. The molecule has 0 radical (unpaired) electrons. The first-order valence-electron chi connectivity index (χ1n) is 6.47. The Labute approximate surface area is 111 Å². The topological polar surface area (TPSA) is 17.8 Å². The van der Waals surface area contributed by atoms with E-state index < -0.39 is 0 Å². The number of alkyl halides is 1. The molecule has 1 aromatic heterocycles. The predicted octanol–water partition coefficient (Wildman–Crippen LogP) is 3.93. The van der Waals surface area contributed by atoms with Gasteiger partial charge in [0.05, 0.1) is 11.0 Å². The van der Waals surface area contributed by atoms with Crippen LogP contribution in [-0.2, 0) is 6.42 Å². The Bertz CT molecular complexity index is 578. The first-order chi connectivity index (χ1) is 8.74. The van der Waals surface area contributed by atoms with Gasteiger partial charge in [0, 0.05) is 18.3 Å². The summed E-state index contributed by atoms with van der Waals surface area (Å²) in [4.78, 5) is 4.59. The van der Waals surface area contributed by atoms with Crippen molar-refractivity contribution < 1.29 is 4.39 Å². The van der Waals surface area contributed by atoms with Crippen molar-refractivity contribution in [1.82, 2.24) is 9.55 Å². The molecular formula is C14H16ClFN2. The van der Waals surface area contributed by atoms with Crippen molar-refractivity contribution in [2.24, 2.45) is 5.92 Å². The van der Waals surface area contributed by atoms with E-state index >= 15 is 0 Å². The van der Waals surface area contributed by atoms with Crippen LogP contribution in [0.2, 0.25) is 0 Å². The summed E-state index contributed by atoms with van der Waals surface area (Å²) in [6.45, 7) is 2.20. The molecule has 0 N–H and O–H groups in total. The molecule has 0 aliphatic heterocycles. The lowest BCUT2D eigenvalue weighted by Crippen LogP contribution is -2.04. The van der Waals surface area contributed by atoms with Crippen LogP contribution in [0, 0.1) is 11.7 Å². The molecule has 1 fully saturated rings. The molecule has 18 heavy (non-hydrogen) atoms. The molecule has 1 aromatic carbocycles. The molecule has 0 bridgehead atoms. The minimum absolute atomic E-state index is 0.199. The van der Waals surface area contributed by atoms with E-state index in [1.165, 1.54) is 18.9 Å². The van der Waals surface area contributed by atoms with Gasteiger partial charge in [0.2, 0.25) is 0 Å². The maximum atomic E-state index is 13.4. The minimum Gasteiger partial charge on any atom is -0.324 e. The molecule has 3 rings (SSSR count). The van der Waals surface area contributed by atoms with E-state index in [4.69, 9.17) is 11.6 Å². The minimum atomic E-state index is -0.199. The third kappa shape index (κ3) is 1.91. The highest BCUT2D eigenvalue weighted by Crippen LogP contribution is 2.47. The normalized spacial score (nSPS) is 22.6. The number of imidazole rings is 1. The molecule has 1 saturated carbocycles. The smallest absolute Gasteiger partial charge is 0.125 e. The molecule has 4 heteroatoms. The number of benzene rings is 1. The molecule has 0 spiro atoms. The van der Waals surface area contributed by atoms with E-state index in [9.17, 15) is 4.39 Å². The number of hydrogen-bond acceptors (Lipinski definition) is 1. The second-order valence-electron chi connectivity index (χ2n) is 4.94. The molecular weight excluding hydrogens is 251 g/mol. The molecule has 1 aliphatic rings. The number of aryl methyl sites for hydroxylation is 1. The highest BCUT2D eigenvalue weighted by atomic mass is 35.5. The zero-order valence-electron chi connectivity index (χ0n) is 10.4. The van der Waals surface area contributed by atoms with Gasteiger partial charge in [-0.2, -0.15) is 0 Å². The van der Waals surface area contributed by atoms with Crippen LogP contribution in [0.1, 0.15) is 31.6 Å². The van der Waals surface area contributed by atoms with Crippen molar-refractivity contribution >= 4 is 22.6 Å². The lowest BCUT2D eigenvalue weighted by atomic mass is 10.3. The van der Waals surface area contributed by atoms with Gasteiger partial charge in [-0.1, -0.05) is 13.3 Å². The summed E-state index contributed by atoms with van der Waals surface area (Å²) in [5, 5.41) is 0. The van der Waals surface area contributed by atoms with Crippen LogP contribution in [0.3, 0.4) is 0 Å². The molecule has 96 valence electrons. The fraction of sp³-hybridized carbons (Fsp3) is 0.500. The van der Waals surface area contributed by atoms with E-state index in [0.717, 1.165) is 23.3 Å². The van der Waals surface area contributed by atoms with Gasteiger partial charge in [-0.25, -0.2) is 9.37 Å². The van der Waals surface area contributed by atoms with Gasteiger partial charge >= 0.3 is 0 Å². The number of fused-ring (bicyclic) bond motifs is 1. The highest BCUT2D eigenvalue weighted by Gasteiger charge is 2.39. The molecule has 2 unspecified atom stereocenters. The predicted molar refractivity (Wildman–Crippen MR) is 71.6 cm³/mol. The van der Waals surface area contributed by atoms with Crippen LogP contribution in [0.15, 0.2) is 18.2 Å². The van der Waals surface area contributed by atoms with Crippen LogP contribution in [0.4, 0.5) is 4.39 Å². The average Bonchev–Trinajstić information content (AvgIpc) is 3.05. The Kier molecular flexibility index (Phi) is 3.02. The van der Waals surface area contributed by atoms with Crippen LogP contribution in [0.25, 0.3) is 11.0 Å². The average molecular weight is 267 g/mol. The summed E-state index contributed by atoms with van der Waals surface area (Å²) in [6.07, 6.45) is 3.08. The van der Waals surface area contributed by atoms with Crippen molar-refractivity contribution in [2.45, 2.75) is 32.2 Å². The molecule has 2 atom stereocenters. The Morgan fingerprint density at radius 3 is 3.00 bits per heavy atom. The molecule has 1 heterocycles. The summed E-state index contributed by atoms with van der Waals surface area (Å²) in [5.74, 6) is 2.05. The van der Waals surface area contributed by atoms with Gasteiger partial charge in [-0.05, 0) is 30.5 Å². The zero-order chi connectivity index (χ0) is 12.7. The van der Waals surface area contributed by atoms with E-state index in [1.807, 2.05) is 0 Å². The van der Waals surface area contributed by atoms with Gasteiger partial charge in [-0.3, -0.25) is 0 Å². The largest absolute Gasteiger partial charge is 0.324 e. The molecule has 2 nitrogen and oxygen atoms in total. The number of halogens is 2. The first kappa shape index (κ1) is 12.0. The maximum absolute atomic E-state index is 13.4. The highest BCUT2D eigenvalue weighted by molar-refractivity contribution is 6.17. The standard InChI is InChI=1S/C14H16ClFN2/c1-2-9-7-12(9)18-13-8-10(16)3-4-11(13)17-14(18)5-6-15/h3-4,8-9,12H,2,5-7H2,1H3. The summed E-state index contributed by atoms with van der Waals surface area (Å²) >= 11 is 5.83. The monoisotopic (exact) mass is 266 g/mol. The number of hydrogen-bond donors (Lipinski definition) is 0. The van der Waals surface area contributed by atoms with Gasteiger partial charge in [0.25, 0.3) is 0 Å². The molecule has 0 amide bonds. The lowest BCUT2D eigenvalue weighted by Gasteiger charge is -2.07. The summed E-state index contributed by atoms with van der Waals surface area (Å²) in [7, 11) is 0. The molecule has 0 saturated heterocycles. The number of aromatic nitrogens is 2. The lowest BCUT2D eigenvalue weighted by molar-refractivity contribution is 0.617. The molecule has 1 aliphatic carbocycles. The summed E-state index contributed by atoms with van der Waals surface area (Å²) < 4.78 is 15.6. The van der Waals surface area contributed by atoms with Crippen LogP contribution in [0.5, 0.6) is 0 Å². The maximum Gasteiger partial charge on any atom is 0.125 e. The van der Waals surface area contributed by atoms with E-state index in [-0.39, 0.29) is 5.82 Å². The van der Waals surface area contributed by atoms with Gasteiger partial charge in [0.15, 0.2) is 0 Å². The van der Waals surface area contributed by atoms with Crippen molar-refractivity contribution in [1.29, 1.82) is 0 Å². The van der Waals surface area contributed by atoms with E-state index in [0.29, 0.717) is 17.8 Å². The first-order valence-corrected chi connectivity index (χ1v) is 7.00. The second kappa shape index (κ2) is 4.54. The van der Waals surface area contributed by atoms with Crippen molar-refractivity contribution in [3.8, 4) is 0 Å². The van der Waals surface area contributed by atoms with E-state index in [2.05, 4.69) is 16.5 Å². The summed E-state index contributed by atoms with van der Waals surface area (Å²) in [6, 6.07) is 5.29. The SMILES string of the molecule is CCC1CC1n1c(CCCl)nc2ccc(F)cc21. The van der Waals surface area contributed by atoms with Crippen LogP contribution < -0.4 is 0 Å². The second-order valence-corrected chi connectivity index (χ2v) is 5.32. The Morgan fingerprint density at radius 2 is 2.33 bits per heavy atom. The van der Waals surface area contributed by atoms with Crippen molar-refractivity contribution in [2.75, 3.05) is 5.88 Å². The van der Waals surface area contributed by atoms with Crippen LogP contribution in [-0.4, -0.2) is 15.4 Å². The fourth-order valence-electron chi connectivity index (χ4n) is 2.73. The van der Waals surface area contributed by atoms with E-state index in [1.54, 1.807) is 12.1 Å². The van der Waals surface area contributed by atoms with Crippen LogP contribution >= 0.6 is 11.6 Å². The number of rotatable bonds is 4. The van der Waals surface area contributed by atoms with Gasteiger partial charge in [0.1, 0.15) is 11.6 Å². The van der Waals surface area contributed by atoms with Crippen molar-refractivity contribution in [3.63, 3.8) is 0 Å². The summed E-state index contributed by atoms with van der Waals surface area (Å²) in [5.41, 5.74) is 1.79.